The van der Waals surface area contributed by atoms with Crippen LogP contribution in [0.3, 0.4) is 0 Å². The molecular weight excluding hydrogens is 397 g/mol. The quantitative estimate of drug-likeness (QED) is 0.563. The first-order chi connectivity index (χ1) is 13.1. The fraction of sp³-hybridized carbons (Fsp3) is 0.682. The van der Waals surface area contributed by atoms with Gasteiger partial charge in [0.2, 0.25) is 5.91 Å². The van der Waals surface area contributed by atoms with Crippen molar-refractivity contribution in [3.05, 3.63) is 34.6 Å². The molecule has 1 aromatic carbocycles. The van der Waals surface area contributed by atoms with Gasteiger partial charge in [0.05, 0.1) is 17.1 Å². The van der Waals surface area contributed by atoms with E-state index in [1.54, 1.807) is 6.07 Å². The third-order valence-electron chi connectivity index (χ3n) is 6.08. The lowest BCUT2D eigenvalue weighted by Crippen LogP contribution is -2.53. The van der Waals surface area contributed by atoms with Crippen LogP contribution < -0.4 is 0 Å². The van der Waals surface area contributed by atoms with Gasteiger partial charge >= 0.3 is 0 Å². The number of piperidine rings is 1. The first-order valence-electron chi connectivity index (χ1n) is 10.3. The molecule has 0 spiro atoms. The largest absolute Gasteiger partial charge is 0.616 e. The summed E-state index contributed by atoms with van der Waals surface area (Å²) in [6.07, 6.45) is 4.54. The summed E-state index contributed by atoms with van der Waals surface area (Å²) in [5, 5.41) is 0.0939. The topological polar surface area (TPSA) is 43.4 Å². The SMILES string of the molecule is CCC1CCC(c2ccc(Cl)c(F)c2)N(C(C[S+]([O-])C(C)(C)C)C2CC2)C1=O. The Bertz CT molecular complexity index is 719. The monoisotopic (exact) mass is 427 g/mol. The number of rotatable bonds is 6. The fourth-order valence-corrected chi connectivity index (χ4v) is 5.50. The molecule has 1 saturated carbocycles. The number of nitrogens with zero attached hydrogens (tertiary/aromatic N) is 1. The van der Waals surface area contributed by atoms with Crippen molar-refractivity contribution in [2.75, 3.05) is 5.75 Å². The zero-order chi connectivity index (χ0) is 20.6. The second kappa shape index (κ2) is 8.53. The summed E-state index contributed by atoms with van der Waals surface area (Å²) < 4.78 is 26.8. The molecular formula is C22H31ClFNO2S. The van der Waals surface area contributed by atoms with Crippen LogP contribution in [0.25, 0.3) is 0 Å². The molecule has 0 aromatic heterocycles. The zero-order valence-corrected chi connectivity index (χ0v) is 18.8. The van der Waals surface area contributed by atoms with Crippen molar-refractivity contribution in [1.29, 1.82) is 0 Å². The van der Waals surface area contributed by atoms with Gasteiger partial charge in [-0.2, -0.15) is 0 Å². The summed E-state index contributed by atoms with van der Waals surface area (Å²) in [4.78, 5) is 15.4. The first-order valence-corrected chi connectivity index (χ1v) is 12.0. The molecule has 0 radical (unpaired) electrons. The summed E-state index contributed by atoms with van der Waals surface area (Å²) >= 11 is 4.83. The van der Waals surface area contributed by atoms with Crippen LogP contribution in [0.15, 0.2) is 18.2 Å². The third-order valence-corrected chi connectivity index (χ3v) is 8.39. The minimum absolute atomic E-state index is 0.00211. The van der Waals surface area contributed by atoms with Crippen molar-refractivity contribution >= 4 is 28.7 Å². The van der Waals surface area contributed by atoms with Crippen LogP contribution in [0.1, 0.15) is 71.4 Å². The first kappa shape index (κ1) is 21.9. The maximum Gasteiger partial charge on any atom is 0.226 e. The summed E-state index contributed by atoms with van der Waals surface area (Å²) in [5.74, 6) is 0.564. The van der Waals surface area contributed by atoms with Crippen LogP contribution >= 0.6 is 11.6 Å². The maximum absolute atomic E-state index is 14.2. The molecule has 2 aliphatic rings. The molecule has 3 nitrogen and oxygen atoms in total. The standard InChI is InChI=1S/C22H31ClFNO2S/c1-5-14-9-11-19(16-8-10-17(23)18(24)12-16)25(21(14)26)20(15-6-7-15)13-28(27)22(2,3)4/h8,10,12,14-15,19-20H,5-7,9,11,13H2,1-4H3. The average molecular weight is 428 g/mol. The molecule has 1 aliphatic carbocycles. The van der Waals surface area contributed by atoms with Crippen molar-refractivity contribution in [1.82, 2.24) is 4.90 Å². The molecule has 28 heavy (non-hydrogen) atoms. The van der Waals surface area contributed by atoms with Crippen LogP contribution in [-0.4, -0.2) is 31.9 Å². The lowest BCUT2D eigenvalue weighted by Gasteiger charge is -2.45. The Labute approximate surface area is 176 Å². The normalized spacial score (nSPS) is 25.7. The average Bonchev–Trinajstić information content (AvgIpc) is 3.46. The van der Waals surface area contributed by atoms with Crippen molar-refractivity contribution in [2.24, 2.45) is 11.8 Å². The Morgan fingerprint density at radius 1 is 1.29 bits per heavy atom. The molecule has 2 fully saturated rings. The second-order valence-electron chi connectivity index (χ2n) is 9.15. The van der Waals surface area contributed by atoms with Crippen LogP contribution in [0.5, 0.6) is 0 Å². The highest BCUT2D eigenvalue weighted by Crippen LogP contribution is 2.45. The van der Waals surface area contributed by atoms with E-state index in [9.17, 15) is 13.7 Å². The molecule has 4 atom stereocenters. The smallest absolute Gasteiger partial charge is 0.226 e. The van der Waals surface area contributed by atoms with Gasteiger partial charge in [-0.3, -0.25) is 4.79 Å². The van der Waals surface area contributed by atoms with Gasteiger partial charge in [-0.15, -0.1) is 0 Å². The highest BCUT2D eigenvalue weighted by atomic mass is 35.5. The summed E-state index contributed by atoms with van der Waals surface area (Å²) in [6.45, 7) is 7.98. The summed E-state index contributed by atoms with van der Waals surface area (Å²) in [6, 6.07) is 4.63. The van der Waals surface area contributed by atoms with Gasteiger partial charge < -0.3 is 9.45 Å². The summed E-state index contributed by atoms with van der Waals surface area (Å²) in [5.41, 5.74) is 0.789. The van der Waals surface area contributed by atoms with Gasteiger partial charge in [-0.25, -0.2) is 4.39 Å². The zero-order valence-electron chi connectivity index (χ0n) is 17.2. The third kappa shape index (κ3) is 4.68. The van der Waals surface area contributed by atoms with E-state index in [-0.39, 0.29) is 33.7 Å². The van der Waals surface area contributed by atoms with Crippen molar-refractivity contribution in [3.8, 4) is 0 Å². The number of hydrogen-bond donors (Lipinski definition) is 0. The summed E-state index contributed by atoms with van der Waals surface area (Å²) in [7, 11) is 0. The Balaban J connectivity index is 1.96. The van der Waals surface area contributed by atoms with E-state index in [1.165, 1.54) is 6.07 Å². The molecule has 3 rings (SSSR count). The van der Waals surface area contributed by atoms with Gasteiger partial charge in [0.1, 0.15) is 16.3 Å². The van der Waals surface area contributed by atoms with Crippen LogP contribution in [0.4, 0.5) is 4.39 Å². The van der Waals surface area contributed by atoms with E-state index < -0.39 is 17.0 Å². The van der Waals surface area contributed by atoms with E-state index in [0.29, 0.717) is 11.7 Å². The highest BCUT2D eigenvalue weighted by molar-refractivity contribution is 7.92. The lowest BCUT2D eigenvalue weighted by atomic mass is 9.85. The van der Waals surface area contributed by atoms with Gasteiger partial charge in [0.15, 0.2) is 0 Å². The number of hydrogen-bond acceptors (Lipinski definition) is 2. The van der Waals surface area contributed by atoms with Gasteiger partial charge in [-0.1, -0.05) is 24.6 Å². The molecule has 0 bridgehead atoms. The fourth-order valence-electron chi connectivity index (χ4n) is 4.14. The number of carbonyl (C=O) groups is 1. The molecule has 1 saturated heterocycles. The Morgan fingerprint density at radius 3 is 2.50 bits per heavy atom. The highest BCUT2D eigenvalue weighted by Gasteiger charge is 2.47. The Morgan fingerprint density at radius 2 is 1.96 bits per heavy atom. The van der Waals surface area contributed by atoms with E-state index in [2.05, 4.69) is 0 Å². The molecule has 1 aliphatic heterocycles. The molecule has 1 heterocycles. The predicted octanol–water partition coefficient (Wildman–Crippen LogP) is 5.49. The van der Waals surface area contributed by atoms with Crippen LogP contribution in [0, 0.1) is 17.7 Å². The number of halogens is 2. The van der Waals surface area contributed by atoms with E-state index in [4.69, 9.17) is 11.6 Å². The molecule has 1 amide bonds. The number of likely N-dealkylation sites (tertiary alicyclic amines) is 1. The van der Waals surface area contributed by atoms with Crippen molar-refractivity contribution in [3.63, 3.8) is 0 Å². The minimum Gasteiger partial charge on any atom is -0.616 e. The van der Waals surface area contributed by atoms with E-state index in [0.717, 1.165) is 37.7 Å². The van der Waals surface area contributed by atoms with Gasteiger partial charge in [-0.05, 0) is 87.7 Å². The van der Waals surface area contributed by atoms with Crippen molar-refractivity contribution in [2.45, 2.75) is 76.6 Å². The Hall–Kier alpha value is -0.780. The minimum atomic E-state index is -1.05. The van der Waals surface area contributed by atoms with Gasteiger partial charge in [0.25, 0.3) is 0 Å². The molecule has 4 unspecified atom stereocenters. The second-order valence-corrected chi connectivity index (χ2v) is 11.8. The lowest BCUT2D eigenvalue weighted by molar-refractivity contribution is -0.145. The van der Waals surface area contributed by atoms with Crippen LogP contribution in [-0.2, 0) is 16.0 Å². The molecule has 0 N–H and O–H groups in total. The molecule has 6 heteroatoms. The van der Waals surface area contributed by atoms with Crippen LogP contribution in [0.2, 0.25) is 5.02 Å². The molecule has 1 aromatic rings. The van der Waals surface area contributed by atoms with E-state index in [1.807, 2.05) is 38.7 Å². The number of carbonyl (C=O) groups excluding carboxylic acids is 1. The predicted molar refractivity (Wildman–Crippen MR) is 113 cm³/mol. The number of benzene rings is 1. The van der Waals surface area contributed by atoms with Crippen molar-refractivity contribution < 1.29 is 13.7 Å². The maximum atomic E-state index is 14.2. The van der Waals surface area contributed by atoms with E-state index >= 15 is 0 Å². The molecule has 156 valence electrons. The number of amides is 1. The Kier molecular flexibility index (Phi) is 6.68. The van der Waals surface area contributed by atoms with Gasteiger partial charge in [0, 0.05) is 5.92 Å².